The molecule has 2 rings (SSSR count). The maximum Gasteiger partial charge on any atom is 0.133 e. The normalized spacial score (nSPS) is 21.1. The van der Waals surface area contributed by atoms with Crippen molar-refractivity contribution in [2.75, 3.05) is 31.4 Å². The summed E-state index contributed by atoms with van der Waals surface area (Å²) in [4.78, 5) is 0. The van der Waals surface area contributed by atoms with Gasteiger partial charge in [0.1, 0.15) is 5.75 Å². The molecule has 1 N–H and O–H groups in total. The number of methoxy groups -OCH3 is 1. The Morgan fingerprint density at radius 2 is 2.32 bits per heavy atom. The highest BCUT2D eigenvalue weighted by Crippen LogP contribution is 2.30. The van der Waals surface area contributed by atoms with Gasteiger partial charge in [-0.05, 0) is 47.1 Å². The summed E-state index contributed by atoms with van der Waals surface area (Å²) in [6.07, 6.45) is 1.07. The third-order valence-corrected chi connectivity index (χ3v) is 6.87. The zero-order chi connectivity index (χ0) is 13.7. The molecule has 2 nitrogen and oxygen atoms in total. The summed E-state index contributed by atoms with van der Waals surface area (Å²) in [6, 6.07) is 6.91. The minimum Gasteiger partial charge on any atom is -0.496 e. The van der Waals surface area contributed by atoms with Gasteiger partial charge in [-0.1, -0.05) is 6.07 Å². The van der Waals surface area contributed by atoms with Gasteiger partial charge >= 0.3 is 0 Å². The molecule has 0 amide bonds. The zero-order valence-electron chi connectivity index (χ0n) is 11.3. The van der Waals surface area contributed by atoms with E-state index in [1.807, 2.05) is 6.07 Å². The summed E-state index contributed by atoms with van der Waals surface area (Å²) < 4.78 is 6.31. The maximum atomic E-state index is 5.28. The minimum atomic E-state index is 0.540. The summed E-state index contributed by atoms with van der Waals surface area (Å²) in [5.74, 6) is 4.73. The molecule has 0 spiro atoms. The second-order valence-corrected chi connectivity index (χ2v) is 7.90. The predicted molar refractivity (Wildman–Crippen MR) is 90.8 cm³/mol. The largest absolute Gasteiger partial charge is 0.496 e. The van der Waals surface area contributed by atoms with Crippen molar-refractivity contribution in [2.45, 2.75) is 17.7 Å². The van der Waals surface area contributed by atoms with Crippen LogP contribution in [-0.2, 0) is 6.42 Å². The average Bonchev–Trinajstić information content (AvgIpc) is 2.46. The molecule has 0 radical (unpaired) electrons. The second-order valence-electron chi connectivity index (χ2n) is 4.55. The van der Waals surface area contributed by atoms with Gasteiger partial charge < -0.3 is 10.1 Å². The molecule has 1 saturated heterocycles. The molecule has 1 aliphatic heterocycles. The molecule has 0 aromatic heterocycles. The fourth-order valence-electron chi connectivity index (χ4n) is 2.25. The Balaban J connectivity index is 2.03. The standard InChI is InChI=1S/C14H20BrNOS2/c1-16-12(14-9-18-5-6-19-14)8-10-3-4-13(17-2)11(15)7-10/h3-4,7,12,14,16H,5-6,8-9H2,1-2H3. The Morgan fingerprint density at radius 3 is 2.89 bits per heavy atom. The van der Waals surface area contributed by atoms with E-state index >= 15 is 0 Å². The summed E-state index contributed by atoms with van der Waals surface area (Å²) >= 11 is 7.74. The first-order chi connectivity index (χ1) is 9.24. The summed E-state index contributed by atoms with van der Waals surface area (Å²) in [5, 5.41) is 4.20. The van der Waals surface area contributed by atoms with Gasteiger partial charge in [-0.2, -0.15) is 23.5 Å². The van der Waals surface area contributed by atoms with E-state index in [0.717, 1.165) is 16.6 Å². The molecule has 2 atom stereocenters. The van der Waals surface area contributed by atoms with Crippen LogP contribution in [0, 0.1) is 0 Å². The number of ether oxygens (including phenoxy) is 1. The lowest BCUT2D eigenvalue weighted by Crippen LogP contribution is -2.40. The number of halogens is 1. The van der Waals surface area contributed by atoms with E-state index in [0.29, 0.717) is 11.3 Å². The van der Waals surface area contributed by atoms with Crippen molar-refractivity contribution in [1.29, 1.82) is 0 Å². The van der Waals surface area contributed by atoms with E-state index in [4.69, 9.17) is 4.74 Å². The van der Waals surface area contributed by atoms with Crippen molar-refractivity contribution in [1.82, 2.24) is 5.32 Å². The van der Waals surface area contributed by atoms with E-state index in [2.05, 4.69) is 64.0 Å². The molecule has 0 aliphatic carbocycles. The van der Waals surface area contributed by atoms with Crippen LogP contribution in [0.5, 0.6) is 5.75 Å². The fourth-order valence-corrected chi connectivity index (χ4v) is 5.77. The van der Waals surface area contributed by atoms with Gasteiger partial charge in [0.15, 0.2) is 0 Å². The molecule has 0 saturated carbocycles. The number of thioether (sulfide) groups is 2. The van der Waals surface area contributed by atoms with Gasteiger partial charge in [-0.25, -0.2) is 0 Å². The predicted octanol–water partition coefficient (Wildman–Crippen LogP) is 3.44. The number of likely N-dealkylation sites (N-methyl/N-ethyl adjacent to an activating group) is 1. The first kappa shape index (κ1) is 15.5. The van der Waals surface area contributed by atoms with Crippen molar-refractivity contribution in [3.8, 4) is 5.75 Å². The van der Waals surface area contributed by atoms with Crippen molar-refractivity contribution in [3.05, 3.63) is 28.2 Å². The number of benzene rings is 1. The topological polar surface area (TPSA) is 21.3 Å². The van der Waals surface area contributed by atoms with Gasteiger partial charge in [0.2, 0.25) is 0 Å². The number of rotatable bonds is 5. The Labute approximate surface area is 132 Å². The van der Waals surface area contributed by atoms with Crippen molar-refractivity contribution in [3.63, 3.8) is 0 Å². The lowest BCUT2D eigenvalue weighted by Gasteiger charge is -2.29. The maximum absolute atomic E-state index is 5.28. The first-order valence-electron chi connectivity index (χ1n) is 6.43. The Morgan fingerprint density at radius 1 is 1.47 bits per heavy atom. The van der Waals surface area contributed by atoms with E-state index in [1.165, 1.54) is 22.8 Å². The minimum absolute atomic E-state index is 0.540. The molecular formula is C14H20BrNOS2. The van der Waals surface area contributed by atoms with Gasteiger partial charge in [0.25, 0.3) is 0 Å². The molecule has 0 bridgehead atoms. The molecule has 1 aliphatic rings. The number of hydrogen-bond acceptors (Lipinski definition) is 4. The van der Waals surface area contributed by atoms with Crippen LogP contribution in [0.3, 0.4) is 0 Å². The Hall–Kier alpha value is 0.160. The smallest absolute Gasteiger partial charge is 0.133 e. The summed E-state index contributed by atoms with van der Waals surface area (Å²) in [7, 11) is 3.77. The second kappa shape index (κ2) is 7.81. The van der Waals surface area contributed by atoms with Gasteiger partial charge in [-0.15, -0.1) is 0 Å². The van der Waals surface area contributed by atoms with E-state index in [1.54, 1.807) is 7.11 Å². The summed E-state index contributed by atoms with van der Waals surface area (Å²) in [6.45, 7) is 0. The van der Waals surface area contributed by atoms with Gasteiger partial charge in [0.05, 0.1) is 11.6 Å². The molecule has 1 fully saturated rings. The molecular weight excluding hydrogens is 342 g/mol. The van der Waals surface area contributed by atoms with Crippen LogP contribution in [0.4, 0.5) is 0 Å². The summed E-state index contributed by atoms with van der Waals surface area (Å²) in [5.41, 5.74) is 1.35. The monoisotopic (exact) mass is 361 g/mol. The third-order valence-electron chi connectivity index (χ3n) is 3.33. The highest BCUT2D eigenvalue weighted by Gasteiger charge is 2.23. The highest BCUT2D eigenvalue weighted by atomic mass is 79.9. The number of hydrogen-bond donors (Lipinski definition) is 1. The van der Waals surface area contributed by atoms with E-state index in [-0.39, 0.29) is 0 Å². The van der Waals surface area contributed by atoms with Crippen LogP contribution < -0.4 is 10.1 Å². The van der Waals surface area contributed by atoms with Gasteiger partial charge in [-0.3, -0.25) is 0 Å². The fraction of sp³-hybridized carbons (Fsp3) is 0.571. The van der Waals surface area contributed by atoms with Crippen LogP contribution in [-0.4, -0.2) is 42.7 Å². The average molecular weight is 362 g/mol. The van der Waals surface area contributed by atoms with Crippen LogP contribution in [0.1, 0.15) is 5.56 Å². The van der Waals surface area contributed by atoms with Crippen LogP contribution >= 0.6 is 39.5 Å². The van der Waals surface area contributed by atoms with Crippen molar-refractivity contribution >= 4 is 39.5 Å². The molecule has 19 heavy (non-hydrogen) atoms. The third kappa shape index (κ3) is 4.31. The lowest BCUT2D eigenvalue weighted by atomic mass is 10.0. The molecule has 106 valence electrons. The lowest BCUT2D eigenvalue weighted by molar-refractivity contribution is 0.412. The highest BCUT2D eigenvalue weighted by molar-refractivity contribution is 9.10. The first-order valence-corrected chi connectivity index (χ1v) is 9.43. The molecule has 5 heteroatoms. The zero-order valence-corrected chi connectivity index (χ0v) is 14.5. The molecule has 1 heterocycles. The van der Waals surface area contributed by atoms with Crippen LogP contribution in [0.25, 0.3) is 0 Å². The van der Waals surface area contributed by atoms with Crippen molar-refractivity contribution < 1.29 is 4.74 Å². The van der Waals surface area contributed by atoms with Crippen molar-refractivity contribution in [2.24, 2.45) is 0 Å². The van der Waals surface area contributed by atoms with E-state index < -0.39 is 0 Å². The Kier molecular flexibility index (Phi) is 6.39. The molecule has 2 unspecified atom stereocenters. The SMILES string of the molecule is CNC(Cc1ccc(OC)c(Br)c1)C1CSCCS1. The molecule has 1 aromatic carbocycles. The van der Waals surface area contributed by atoms with Crippen LogP contribution in [0.15, 0.2) is 22.7 Å². The number of nitrogens with one attached hydrogen (secondary N) is 1. The molecule has 1 aromatic rings. The quantitative estimate of drug-likeness (QED) is 0.866. The Bertz CT molecular complexity index is 410. The van der Waals surface area contributed by atoms with Crippen LogP contribution in [0.2, 0.25) is 0 Å². The van der Waals surface area contributed by atoms with E-state index in [9.17, 15) is 0 Å². The van der Waals surface area contributed by atoms with Gasteiger partial charge in [0, 0.05) is 28.6 Å².